The predicted molar refractivity (Wildman–Crippen MR) is 106 cm³/mol. The lowest BCUT2D eigenvalue weighted by Crippen LogP contribution is -2.25. The van der Waals surface area contributed by atoms with Crippen LogP contribution < -0.4 is 4.90 Å². The fraction of sp³-hybridized carbons (Fsp3) is 0.143. The highest BCUT2D eigenvalue weighted by Gasteiger charge is 2.41. The summed E-state index contributed by atoms with van der Waals surface area (Å²) in [5, 5.41) is 0. The monoisotopic (exact) mass is 367 g/mol. The average Bonchev–Trinajstić information content (AvgIpc) is 2.73. The van der Waals surface area contributed by atoms with Gasteiger partial charge in [-0.25, -0.2) is 0 Å². The Hall–Kier alpha value is -2.39. The number of rotatable bonds is 7. The summed E-state index contributed by atoms with van der Waals surface area (Å²) < 4.78 is 24.4. The Bertz CT molecular complexity index is 809. The van der Waals surface area contributed by atoms with E-state index in [-0.39, 0.29) is 0 Å². The fourth-order valence-corrected chi connectivity index (χ4v) is 4.62. The molecule has 3 aromatic carbocycles. The molecule has 0 aliphatic heterocycles. The first-order valence-electron chi connectivity index (χ1n) is 8.35. The standard InChI is InChI=1S/C21H22NO3P/c1-24-26(23,25-2)21(18-12-6-3-7-13-18)22(19-14-8-4-9-15-19)20-16-10-5-11-17-20/h3-17,21H,1-2H3. The van der Waals surface area contributed by atoms with Gasteiger partial charge < -0.3 is 13.9 Å². The van der Waals surface area contributed by atoms with Gasteiger partial charge in [-0.05, 0) is 29.8 Å². The third kappa shape index (κ3) is 3.73. The summed E-state index contributed by atoms with van der Waals surface area (Å²) in [4.78, 5) is 2.00. The molecule has 0 saturated carbocycles. The van der Waals surface area contributed by atoms with Crippen LogP contribution in [0.2, 0.25) is 0 Å². The molecule has 0 bridgehead atoms. The van der Waals surface area contributed by atoms with Gasteiger partial charge in [-0.1, -0.05) is 66.7 Å². The van der Waals surface area contributed by atoms with E-state index in [9.17, 15) is 4.57 Å². The molecule has 0 aromatic heterocycles. The average molecular weight is 367 g/mol. The van der Waals surface area contributed by atoms with Crippen LogP contribution in [0.25, 0.3) is 0 Å². The Morgan fingerprint density at radius 3 is 1.46 bits per heavy atom. The molecule has 0 heterocycles. The Balaban J connectivity index is 2.24. The lowest BCUT2D eigenvalue weighted by atomic mass is 10.1. The number of hydrogen-bond donors (Lipinski definition) is 0. The number of nitrogens with zero attached hydrogens (tertiary/aromatic N) is 1. The van der Waals surface area contributed by atoms with Crippen LogP contribution in [0.5, 0.6) is 0 Å². The third-order valence-electron chi connectivity index (χ3n) is 4.22. The van der Waals surface area contributed by atoms with Crippen LogP contribution in [-0.2, 0) is 13.6 Å². The molecular weight excluding hydrogens is 345 g/mol. The summed E-state index contributed by atoms with van der Waals surface area (Å²) in [6.07, 6.45) is 0. The molecule has 1 atom stereocenters. The second-order valence-corrected chi connectivity index (χ2v) is 8.03. The van der Waals surface area contributed by atoms with Crippen molar-refractivity contribution < 1.29 is 13.6 Å². The van der Waals surface area contributed by atoms with Crippen molar-refractivity contribution in [3.8, 4) is 0 Å². The minimum atomic E-state index is -3.47. The van der Waals surface area contributed by atoms with Gasteiger partial charge >= 0.3 is 7.60 Å². The maximum Gasteiger partial charge on any atom is 0.357 e. The van der Waals surface area contributed by atoms with Crippen molar-refractivity contribution in [3.63, 3.8) is 0 Å². The number of benzene rings is 3. The molecule has 0 spiro atoms. The van der Waals surface area contributed by atoms with Crippen LogP contribution in [0.15, 0.2) is 91.0 Å². The van der Waals surface area contributed by atoms with Gasteiger partial charge in [0.2, 0.25) is 0 Å². The number of hydrogen-bond acceptors (Lipinski definition) is 4. The van der Waals surface area contributed by atoms with E-state index < -0.39 is 13.4 Å². The molecule has 4 nitrogen and oxygen atoms in total. The molecular formula is C21H22NO3P. The molecule has 0 amide bonds. The lowest BCUT2D eigenvalue weighted by Gasteiger charge is -2.36. The molecule has 0 saturated heterocycles. The van der Waals surface area contributed by atoms with E-state index in [1.54, 1.807) is 0 Å². The highest BCUT2D eigenvalue weighted by molar-refractivity contribution is 7.54. The van der Waals surface area contributed by atoms with Gasteiger partial charge in [-0.2, -0.15) is 0 Å². The van der Waals surface area contributed by atoms with E-state index in [0.29, 0.717) is 0 Å². The molecule has 134 valence electrons. The van der Waals surface area contributed by atoms with Gasteiger partial charge in [0, 0.05) is 25.6 Å². The van der Waals surface area contributed by atoms with Crippen molar-refractivity contribution in [2.24, 2.45) is 0 Å². The van der Waals surface area contributed by atoms with E-state index in [0.717, 1.165) is 16.9 Å². The van der Waals surface area contributed by atoms with Crippen molar-refractivity contribution in [1.82, 2.24) is 0 Å². The van der Waals surface area contributed by atoms with Crippen LogP contribution >= 0.6 is 7.60 Å². The van der Waals surface area contributed by atoms with Crippen LogP contribution in [0.3, 0.4) is 0 Å². The molecule has 5 heteroatoms. The van der Waals surface area contributed by atoms with E-state index in [2.05, 4.69) is 0 Å². The van der Waals surface area contributed by atoms with Crippen LogP contribution in [-0.4, -0.2) is 14.2 Å². The predicted octanol–water partition coefficient (Wildman–Crippen LogP) is 6.01. The minimum Gasteiger partial charge on any atom is -0.323 e. The maximum atomic E-state index is 13.6. The van der Waals surface area contributed by atoms with Crippen LogP contribution in [0.1, 0.15) is 11.3 Å². The molecule has 0 aliphatic rings. The first-order valence-corrected chi connectivity index (χ1v) is 9.96. The Kier molecular flexibility index (Phi) is 5.89. The van der Waals surface area contributed by atoms with Crippen molar-refractivity contribution in [3.05, 3.63) is 96.6 Å². The van der Waals surface area contributed by atoms with Crippen LogP contribution in [0.4, 0.5) is 11.4 Å². The lowest BCUT2D eigenvalue weighted by molar-refractivity contribution is 0.266. The largest absolute Gasteiger partial charge is 0.357 e. The van der Waals surface area contributed by atoms with Crippen LogP contribution in [0, 0.1) is 0 Å². The van der Waals surface area contributed by atoms with E-state index >= 15 is 0 Å². The summed E-state index contributed by atoms with van der Waals surface area (Å²) in [5.41, 5.74) is 2.66. The molecule has 0 aliphatic carbocycles. The number of anilines is 2. The van der Waals surface area contributed by atoms with Crippen molar-refractivity contribution in [2.45, 2.75) is 5.78 Å². The van der Waals surface area contributed by atoms with Gasteiger partial charge in [0.05, 0.1) is 0 Å². The van der Waals surface area contributed by atoms with E-state index in [1.165, 1.54) is 14.2 Å². The Morgan fingerprint density at radius 1 is 0.692 bits per heavy atom. The smallest absolute Gasteiger partial charge is 0.323 e. The molecule has 3 aromatic rings. The summed E-state index contributed by atoms with van der Waals surface area (Å²) in [7, 11) is -0.624. The molecule has 0 N–H and O–H groups in total. The highest BCUT2D eigenvalue weighted by atomic mass is 31.2. The highest BCUT2D eigenvalue weighted by Crippen LogP contribution is 2.63. The van der Waals surface area contributed by atoms with Gasteiger partial charge in [-0.15, -0.1) is 0 Å². The third-order valence-corrected chi connectivity index (χ3v) is 6.37. The molecule has 0 fully saturated rings. The van der Waals surface area contributed by atoms with Gasteiger partial charge in [0.1, 0.15) is 0 Å². The first kappa shape index (κ1) is 18.4. The SMILES string of the molecule is COP(=O)(OC)C(c1ccccc1)N(c1ccccc1)c1ccccc1. The molecule has 0 radical (unpaired) electrons. The summed E-state index contributed by atoms with van der Waals surface area (Å²) in [6, 6.07) is 29.3. The zero-order valence-corrected chi connectivity index (χ0v) is 15.8. The molecule has 26 heavy (non-hydrogen) atoms. The second-order valence-electron chi connectivity index (χ2n) is 5.73. The van der Waals surface area contributed by atoms with Gasteiger partial charge in [-0.3, -0.25) is 4.57 Å². The Labute approximate surface area is 154 Å². The normalized spacial score (nSPS) is 12.5. The quantitative estimate of drug-likeness (QED) is 0.479. The van der Waals surface area contributed by atoms with Crippen molar-refractivity contribution >= 4 is 19.0 Å². The summed E-state index contributed by atoms with van der Waals surface area (Å²) in [5.74, 6) is -0.622. The minimum absolute atomic E-state index is 0.622. The van der Waals surface area contributed by atoms with Gasteiger partial charge in [0.25, 0.3) is 0 Å². The molecule has 3 rings (SSSR count). The van der Waals surface area contributed by atoms with E-state index in [1.807, 2.05) is 95.9 Å². The summed E-state index contributed by atoms with van der Waals surface area (Å²) in [6.45, 7) is 0. The summed E-state index contributed by atoms with van der Waals surface area (Å²) >= 11 is 0. The fourth-order valence-electron chi connectivity index (χ4n) is 2.98. The van der Waals surface area contributed by atoms with Gasteiger partial charge in [0.15, 0.2) is 5.78 Å². The topological polar surface area (TPSA) is 38.8 Å². The first-order chi connectivity index (χ1) is 12.7. The zero-order valence-electron chi connectivity index (χ0n) is 14.9. The maximum absolute atomic E-state index is 13.6. The zero-order chi connectivity index (χ0) is 18.4. The Morgan fingerprint density at radius 2 is 1.08 bits per heavy atom. The molecule has 1 unspecified atom stereocenters. The second kappa shape index (κ2) is 8.33. The van der Waals surface area contributed by atoms with Crippen molar-refractivity contribution in [2.75, 3.05) is 19.1 Å². The number of para-hydroxylation sites is 2. The van der Waals surface area contributed by atoms with E-state index in [4.69, 9.17) is 9.05 Å². The van der Waals surface area contributed by atoms with Crippen molar-refractivity contribution in [1.29, 1.82) is 0 Å².